The predicted octanol–water partition coefficient (Wildman–Crippen LogP) is 3.98. The molecule has 222 valence electrons. The van der Waals surface area contributed by atoms with E-state index < -0.39 is 32.4 Å². The number of nitrogens with two attached hydrogens (primary N) is 1. The van der Waals surface area contributed by atoms with E-state index in [0.717, 1.165) is 23.2 Å². The second kappa shape index (κ2) is 12.1. The van der Waals surface area contributed by atoms with Gasteiger partial charge in [0.1, 0.15) is 29.7 Å². The average Bonchev–Trinajstić information content (AvgIpc) is 3.54. The van der Waals surface area contributed by atoms with Gasteiger partial charge >= 0.3 is 0 Å². The Labute approximate surface area is 248 Å². The van der Waals surface area contributed by atoms with Gasteiger partial charge in [-0.2, -0.15) is 0 Å². The van der Waals surface area contributed by atoms with E-state index in [4.69, 9.17) is 19.6 Å². The number of nitrogen functional groups attached to an aromatic ring is 1. The highest BCUT2D eigenvalue weighted by molar-refractivity contribution is 6.99. The minimum Gasteiger partial charge on any atom is -0.404 e. The third-order valence-corrected chi connectivity index (χ3v) is 13.1. The molecule has 0 saturated carbocycles. The minimum absolute atomic E-state index is 0.123. The third kappa shape index (κ3) is 5.18. The van der Waals surface area contributed by atoms with Crippen LogP contribution in [0.1, 0.15) is 46.8 Å². The zero-order valence-electron chi connectivity index (χ0n) is 24.8. The quantitative estimate of drug-likeness (QED) is 0.154. The number of hydrogen-bond acceptors (Lipinski definition) is 8. The average molecular weight is 588 g/mol. The Morgan fingerprint density at radius 1 is 1.07 bits per heavy atom. The van der Waals surface area contributed by atoms with Gasteiger partial charge in [0.2, 0.25) is 0 Å². The van der Waals surface area contributed by atoms with Crippen LogP contribution in [0.5, 0.6) is 0 Å². The Bertz CT molecular complexity index is 1450. The fourth-order valence-corrected chi connectivity index (χ4v) is 10.6. The number of aromatic nitrogens is 4. The molecule has 1 saturated heterocycles. The highest BCUT2D eigenvalue weighted by Gasteiger charge is 2.58. The lowest BCUT2D eigenvalue weighted by atomic mass is 9.96. The van der Waals surface area contributed by atoms with Gasteiger partial charge in [0, 0.05) is 6.61 Å². The molecule has 3 N–H and O–H groups in total. The van der Waals surface area contributed by atoms with Crippen LogP contribution in [-0.4, -0.2) is 64.0 Å². The second-order valence-electron chi connectivity index (χ2n) is 11.8. The van der Waals surface area contributed by atoms with Gasteiger partial charge in [-0.1, -0.05) is 101 Å². The molecule has 4 atom stereocenters. The van der Waals surface area contributed by atoms with E-state index in [1.165, 1.54) is 6.33 Å². The van der Waals surface area contributed by atoms with Crippen LogP contribution >= 0.6 is 0 Å². The van der Waals surface area contributed by atoms with Crippen molar-refractivity contribution in [3.63, 3.8) is 0 Å². The summed E-state index contributed by atoms with van der Waals surface area (Å²) in [6, 6.07) is 20.8. The first-order valence-electron chi connectivity index (χ1n) is 14.5. The Hall–Kier alpha value is -3.41. The molecule has 9 nitrogen and oxygen atoms in total. The van der Waals surface area contributed by atoms with E-state index in [1.54, 1.807) is 17.0 Å². The summed E-state index contributed by atoms with van der Waals surface area (Å²) in [6.45, 7) is 13.5. The van der Waals surface area contributed by atoms with Gasteiger partial charge in [-0.3, -0.25) is 4.57 Å². The third-order valence-electron chi connectivity index (χ3n) is 8.16. The van der Waals surface area contributed by atoms with E-state index in [2.05, 4.69) is 97.8 Å². The molecule has 3 heterocycles. The van der Waals surface area contributed by atoms with E-state index in [-0.39, 0.29) is 17.5 Å². The molecule has 42 heavy (non-hydrogen) atoms. The number of ether oxygens (including phenoxy) is 2. The molecule has 0 bridgehead atoms. The van der Waals surface area contributed by atoms with Crippen molar-refractivity contribution in [2.45, 2.75) is 69.6 Å². The molecule has 4 unspecified atom stereocenters. The van der Waals surface area contributed by atoms with Crippen molar-refractivity contribution >= 4 is 35.7 Å². The largest absolute Gasteiger partial charge is 0.404 e. The van der Waals surface area contributed by atoms with Crippen molar-refractivity contribution in [1.82, 2.24) is 19.5 Å². The number of anilines is 1. The van der Waals surface area contributed by atoms with Crippen LogP contribution in [0.3, 0.4) is 0 Å². The van der Waals surface area contributed by atoms with Crippen LogP contribution < -0.4 is 16.1 Å². The zero-order chi connectivity index (χ0) is 30.0. The predicted molar refractivity (Wildman–Crippen MR) is 167 cm³/mol. The number of hydrogen-bond donors (Lipinski definition) is 2. The first-order valence-corrected chi connectivity index (χ1v) is 16.4. The molecule has 2 aromatic heterocycles. The molecule has 0 aliphatic carbocycles. The molecule has 0 radical (unpaired) electrons. The van der Waals surface area contributed by atoms with Crippen molar-refractivity contribution in [2.24, 2.45) is 0 Å². The number of aliphatic hydroxyl groups excluding tert-OH is 1. The Morgan fingerprint density at radius 2 is 1.71 bits per heavy atom. The molecule has 1 aliphatic heterocycles. The van der Waals surface area contributed by atoms with Gasteiger partial charge in [-0.05, 0) is 21.8 Å². The van der Waals surface area contributed by atoms with Crippen LogP contribution in [0.4, 0.5) is 5.82 Å². The number of benzene rings is 2. The van der Waals surface area contributed by atoms with Gasteiger partial charge < -0.3 is 24.7 Å². The number of unbranched alkanes of at least 4 members (excludes halogenated alkanes) is 1. The fourth-order valence-electron chi connectivity index (χ4n) is 5.99. The number of imidazole rings is 1. The van der Waals surface area contributed by atoms with E-state index >= 15 is 0 Å². The minimum atomic E-state index is -2.93. The SMILES string of the molecule is C=CC1(CO[Si](c2ccccc2)(c2ccccc2)C(C)(C)C)OC(n2cnc3c(N)ncnc32)C(O)C1OCCCC. The summed E-state index contributed by atoms with van der Waals surface area (Å²) >= 11 is 0. The van der Waals surface area contributed by atoms with Crippen LogP contribution in [0.2, 0.25) is 5.04 Å². The molecule has 5 rings (SSSR count). The lowest BCUT2D eigenvalue weighted by Crippen LogP contribution is -2.68. The van der Waals surface area contributed by atoms with Crippen molar-refractivity contribution in [3.05, 3.63) is 86.0 Å². The maximum absolute atomic E-state index is 11.8. The van der Waals surface area contributed by atoms with Gasteiger partial charge in [-0.25, -0.2) is 15.0 Å². The first-order chi connectivity index (χ1) is 20.2. The number of aliphatic hydroxyl groups is 1. The molecular weight excluding hydrogens is 546 g/mol. The summed E-state index contributed by atoms with van der Waals surface area (Å²) in [6.07, 6.45) is 3.78. The monoisotopic (exact) mass is 587 g/mol. The van der Waals surface area contributed by atoms with Crippen LogP contribution in [0.25, 0.3) is 11.2 Å². The lowest BCUT2D eigenvalue weighted by molar-refractivity contribution is -0.107. The van der Waals surface area contributed by atoms with E-state index in [1.807, 2.05) is 12.1 Å². The van der Waals surface area contributed by atoms with Crippen molar-refractivity contribution in [3.8, 4) is 0 Å². The maximum atomic E-state index is 11.8. The summed E-state index contributed by atoms with van der Waals surface area (Å²) in [4.78, 5) is 12.8. The van der Waals surface area contributed by atoms with Gasteiger partial charge in [0.25, 0.3) is 8.32 Å². The lowest BCUT2D eigenvalue weighted by Gasteiger charge is -2.45. The Kier molecular flexibility index (Phi) is 8.63. The van der Waals surface area contributed by atoms with Crippen LogP contribution in [0, 0.1) is 0 Å². The highest BCUT2D eigenvalue weighted by atomic mass is 28.4. The summed E-state index contributed by atoms with van der Waals surface area (Å²) in [5, 5.41) is 13.8. The smallest absolute Gasteiger partial charge is 0.261 e. The standard InChI is InChI=1S/C32H41N5O4Si/c1-6-8-19-39-27-26(38)30(37-22-36-25-28(33)34-21-35-29(25)37)41-32(27,7-2)20-40-42(31(3,4)5,23-15-11-9-12-16-23)24-17-13-10-14-18-24/h7,9-18,21-22,26-27,30,38H,2,6,8,19-20H2,1,3-5H3,(H2,33,34,35). The maximum Gasteiger partial charge on any atom is 0.261 e. The molecule has 2 aromatic carbocycles. The zero-order valence-corrected chi connectivity index (χ0v) is 25.8. The topological polar surface area (TPSA) is 118 Å². The molecule has 1 fully saturated rings. The molecule has 0 spiro atoms. The number of rotatable bonds is 11. The van der Waals surface area contributed by atoms with E-state index in [0.29, 0.717) is 17.8 Å². The number of nitrogens with zero attached hydrogens (tertiary/aromatic N) is 4. The fraction of sp³-hybridized carbons (Fsp3) is 0.406. The van der Waals surface area contributed by atoms with Gasteiger partial charge in [0.15, 0.2) is 17.7 Å². The van der Waals surface area contributed by atoms with Crippen molar-refractivity contribution < 1.29 is 19.0 Å². The molecule has 4 aromatic rings. The number of fused-ring (bicyclic) bond motifs is 1. The first kappa shape index (κ1) is 30.1. The van der Waals surface area contributed by atoms with Crippen LogP contribution in [-0.2, 0) is 13.9 Å². The van der Waals surface area contributed by atoms with Gasteiger partial charge in [-0.15, -0.1) is 6.58 Å². The summed E-state index contributed by atoms with van der Waals surface area (Å²) < 4.78 is 22.1. The Morgan fingerprint density at radius 3 is 2.29 bits per heavy atom. The highest BCUT2D eigenvalue weighted by Crippen LogP contribution is 2.44. The van der Waals surface area contributed by atoms with E-state index in [9.17, 15) is 5.11 Å². The summed E-state index contributed by atoms with van der Waals surface area (Å²) in [5.41, 5.74) is 5.79. The van der Waals surface area contributed by atoms with Crippen molar-refractivity contribution in [1.29, 1.82) is 0 Å². The normalized spacial score (nSPS) is 22.9. The summed E-state index contributed by atoms with van der Waals surface area (Å²) in [5.74, 6) is 0.256. The van der Waals surface area contributed by atoms with Crippen LogP contribution in [0.15, 0.2) is 86.0 Å². The second-order valence-corrected chi connectivity index (χ2v) is 16.1. The molecule has 1 aliphatic rings. The molecule has 10 heteroatoms. The van der Waals surface area contributed by atoms with Gasteiger partial charge in [0.05, 0.1) is 12.9 Å². The molecular formula is C32H41N5O4Si. The Balaban J connectivity index is 1.59. The summed E-state index contributed by atoms with van der Waals surface area (Å²) in [7, 11) is -2.93. The molecule has 0 amide bonds. The van der Waals surface area contributed by atoms with Crippen molar-refractivity contribution in [2.75, 3.05) is 18.9 Å².